The molecule has 1 aromatic carbocycles. The van der Waals surface area contributed by atoms with Crippen molar-refractivity contribution >= 4 is 27.8 Å². The van der Waals surface area contributed by atoms with Gasteiger partial charge in [-0.15, -0.1) is 0 Å². The number of nitrogen functional groups attached to an aromatic ring is 1. The maximum absolute atomic E-state index is 13.4. The van der Waals surface area contributed by atoms with E-state index in [4.69, 9.17) is 15.5 Å². The average molecular weight is 480 g/mol. The van der Waals surface area contributed by atoms with Gasteiger partial charge in [0, 0.05) is 35.8 Å². The van der Waals surface area contributed by atoms with Gasteiger partial charge in [-0.3, -0.25) is 4.57 Å². The van der Waals surface area contributed by atoms with Crippen molar-refractivity contribution in [1.82, 2.24) is 24.5 Å². The Hall–Kier alpha value is -4.41. The van der Waals surface area contributed by atoms with E-state index in [0.29, 0.717) is 50.3 Å². The molecule has 0 radical (unpaired) electrons. The van der Waals surface area contributed by atoms with Gasteiger partial charge in [-0.05, 0) is 36.8 Å². The van der Waals surface area contributed by atoms with E-state index >= 15 is 0 Å². The number of nitrogens with one attached hydrogen (secondary N) is 1. The summed E-state index contributed by atoms with van der Waals surface area (Å²) in [6, 6.07) is 9.51. The quantitative estimate of drug-likeness (QED) is 0.395. The number of aromatic nitrogens is 5. The molecule has 0 bridgehead atoms. The molecule has 0 saturated carbocycles. The first-order valence-corrected chi connectivity index (χ1v) is 10.5. The molecular weight excluding hydrogens is 461 g/mol. The third-order valence-corrected chi connectivity index (χ3v) is 5.91. The summed E-state index contributed by atoms with van der Waals surface area (Å²) in [4.78, 5) is 28.4. The zero-order valence-corrected chi connectivity index (χ0v) is 18.9. The second kappa shape index (κ2) is 7.83. The standard InChI is InChI=1S/C24H19F3N6O2/c1-11-14(5-7-18(30-11)35-3)19-21-20(32-23(34)33(21)2)15-8-12(4-6-17(15)31-19)13-9-16(24(25,26)27)22(28)29-10-13/h4-10H,1-3H3,(H2,28,29)(H,32,34). The summed E-state index contributed by atoms with van der Waals surface area (Å²) < 4.78 is 46.7. The van der Waals surface area contributed by atoms with Crippen LogP contribution in [0.5, 0.6) is 5.88 Å². The molecule has 0 aliphatic carbocycles. The maximum atomic E-state index is 13.4. The summed E-state index contributed by atoms with van der Waals surface area (Å²) in [5.41, 5.74) is 8.31. The van der Waals surface area contributed by atoms with Crippen LogP contribution in [0, 0.1) is 6.92 Å². The Morgan fingerprint density at radius 2 is 1.86 bits per heavy atom. The number of rotatable bonds is 3. The first kappa shape index (κ1) is 22.4. The smallest absolute Gasteiger partial charge is 0.419 e. The number of H-pyrrole nitrogens is 1. The van der Waals surface area contributed by atoms with Crippen LogP contribution in [0.3, 0.4) is 0 Å². The molecule has 0 fully saturated rings. The number of aryl methyl sites for hydroxylation is 2. The molecule has 0 unspecified atom stereocenters. The Kier molecular flexibility index (Phi) is 5.01. The molecule has 11 heteroatoms. The number of nitrogens with two attached hydrogens (primary N) is 1. The van der Waals surface area contributed by atoms with Crippen LogP contribution < -0.4 is 16.2 Å². The van der Waals surface area contributed by atoms with Crippen LogP contribution in [0.4, 0.5) is 19.0 Å². The van der Waals surface area contributed by atoms with Crippen LogP contribution in [0.25, 0.3) is 44.3 Å². The van der Waals surface area contributed by atoms with Gasteiger partial charge in [0.05, 0.1) is 40.6 Å². The number of hydrogen-bond donors (Lipinski definition) is 2. The Balaban J connectivity index is 1.77. The number of fused-ring (bicyclic) bond motifs is 3. The fourth-order valence-electron chi connectivity index (χ4n) is 4.13. The average Bonchev–Trinajstić information content (AvgIpc) is 3.12. The normalized spacial score (nSPS) is 11.9. The first-order chi connectivity index (χ1) is 16.6. The van der Waals surface area contributed by atoms with Gasteiger partial charge in [0.15, 0.2) is 0 Å². The highest BCUT2D eigenvalue weighted by Gasteiger charge is 2.34. The molecule has 0 atom stereocenters. The Morgan fingerprint density at radius 1 is 1.09 bits per heavy atom. The van der Waals surface area contributed by atoms with Gasteiger partial charge >= 0.3 is 11.9 Å². The molecule has 8 nitrogen and oxygen atoms in total. The number of halogens is 3. The van der Waals surface area contributed by atoms with Crippen molar-refractivity contribution in [3.8, 4) is 28.3 Å². The summed E-state index contributed by atoms with van der Waals surface area (Å²) in [6.07, 6.45) is -3.35. The minimum Gasteiger partial charge on any atom is -0.481 e. The topological polar surface area (TPSA) is 112 Å². The number of alkyl halides is 3. The fraction of sp³-hybridized carbons (Fsp3) is 0.167. The second-order valence-electron chi connectivity index (χ2n) is 8.05. The van der Waals surface area contributed by atoms with E-state index in [1.165, 1.54) is 17.9 Å². The monoisotopic (exact) mass is 480 g/mol. The van der Waals surface area contributed by atoms with Crippen molar-refractivity contribution in [2.75, 3.05) is 12.8 Å². The van der Waals surface area contributed by atoms with E-state index in [1.54, 1.807) is 31.3 Å². The number of nitrogens with zero attached hydrogens (tertiary/aromatic N) is 4. The molecular formula is C24H19F3N6O2. The number of anilines is 1. The molecule has 0 aliphatic rings. The van der Waals surface area contributed by atoms with E-state index in [2.05, 4.69) is 15.0 Å². The molecule has 5 aromatic rings. The van der Waals surface area contributed by atoms with Crippen molar-refractivity contribution in [2.45, 2.75) is 13.1 Å². The molecule has 4 aromatic heterocycles. The van der Waals surface area contributed by atoms with Crippen molar-refractivity contribution in [1.29, 1.82) is 0 Å². The fourth-order valence-corrected chi connectivity index (χ4v) is 4.13. The van der Waals surface area contributed by atoms with Gasteiger partial charge in [-0.25, -0.2) is 19.7 Å². The molecule has 5 rings (SSSR count). The zero-order valence-electron chi connectivity index (χ0n) is 18.9. The molecule has 0 spiro atoms. The highest BCUT2D eigenvalue weighted by Crippen LogP contribution is 2.37. The van der Waals surface area contributed by atoms with E-state index in [1.807, 2.05) is 13.0 Å². The number of hydrogen-bond acceptors (Lipinski definition) is 6. The molecule has 4 heterocycles. The molecule has 0 amide bonds. The summed E-state index contributed by atoms with van der Waals surface area (Å²) in [6.45, 7) is 1.82. The summed E-state index contributed by atoms with van der Waals surface area (Å²) in [7, 11) is 3.14. The largest absolute Gasteiger partial charge is 0.481 e. The molecule has 0 saturated heterocycles. The second-order valence-corrected chi connectivity index (χ2v) is 8.05. The van der Waals surface area contributed by atoms with Gasteiger partial charge in [0.25, 0.3) is 0 Å². The zero-order chi connectivity index (χ0) is 25.1. The predicted octanol–water partition coefficient (Wildman–Crippen LogP) is 4.46. The van der Waals surface area contributed by atoms with Gasteiger partial charge in [-0.2, -0.15) is 13.2 Å². The SMILES string of the molecule is COc1ccc(-c2nc3ccc(-c4cnc(N)c(C(F)(F)F)c4)cc3c3[nH]c(=O)n(C)c23)c(C)n1. The minimum atomic E-state index is -4.64. The van der Waals surface area contributed by atoms with Crippen LogP contribution in [0.2, 0.25) is 0 Å². The third kappa shape index (κ3) is 3.65. The number of pyridine rings is 3. The van der Waals surface area contributed by atoms with Crippen molar-refractivity contribution in [3.63, 3.8) is 0 Å². The van der Waals surface area contributed by atoms with Crippen LogP contribution in [0.15, 0.2) is 47.4 Å². The van der Waals surface area contributed by atoms with Crippen molar-refractivity contribution in [2.24, 2.45) is 7.05 Å². The molecule has 35 heavy (non-hydrogen) atoms. The minimum absolute atomic E-state index is 0.235. The van der Waals surface area contributed by atoms with Crippen LogP contribution in [0.1, 0.15) is 11.3 Å². The predicted molar refractivity (Wildman–Crippen MR) is 126 cm³/mol. The van der Waals surface area contributed by atoms with E-state index < -0.39 is 17.6 Å². The van der Waals surface area contributed by atoms with Crippen LogP contribution in [-0.4, -0.2) is 31.6 Å². The van der Waals surface area contributed by atoms with Gasteiger partial charge in [0.1, 0.15) is 5.82 Å². The molecule has 178 valence electrons. The maximum Gasteiger partial charge on any atom is 0.419 e. The third-order valence-electron chi connectivity index (χ3n) is 5.91. The Morgan fingerprint density at radius 3 is 2.54 bits per heavy atom. The summed E-state index contributed by atoms with van der Waals surface area (Å²) in [5.74, 6) is -0.141. The van der Waals surface area contributed by atoms with E-state index in [-0.39, 0.29) is 11.3 Å². The van der Waals surface area contributed by atoms with E-state index in [9.17, 15) is 18.0 Å². The molecule has 3 N–H and O–H groups in total. The highest BCUT2D eigenvalue weighted by molar-refractivity contribution is 6.08. The first-order valence-electron chi connectivity index (χ1n) is 10.5. The van der Waals surface area contributed by atoms with Gasteiger partial charge in [0.2, 0.25) is 5.88 Å². The lowest BCUT2D eigenvalue weighted by Crippen LogP contribution is -2.12. The number of benzene rings is 1. The lowest BCUT2D eigenvalue weighted by Gasteiger charge is -2.13. The van der Waals surface area contributed by atoms with Crippen LogP contribution in [-0.2, 0) is 13.2 Å². The number of methoxy groups -OCH3 is 1. The summed E-state index contributed by atoms with van der Waals surface area (Å²) in [5, 5.41) is 0.573. The Bertz CT molecular complexity index is 1690. The van der Waals surface area contributed by atoms with Crippen molar-refractivity contribution in [3.05, 3.63) is 64.3 Å². The lowest BCUT2D eigenvalue weighted by atomic mass is 10.0. The highest BCUT2D eigenvalue weighted by atomic mass is 19.4. The number of ether oxygens (including phenoxy) is 1. The number of imidazole rings is 1. The van der Waals surface area contributed by atoms with Gasteiger partial charge < -0.3 is 15.5 Å². The Labute approximate surface area is 196 Å². The van der Waals surface area contributed by atoms with Crippen molar-refractivity contribution < 1.29 is 17.9 Å². The molecule has 0 aliphatic heterocycles. The number of aromatic amines is 1. The van der Waals surface area contributed by atoms with E-state index in [0.717, 1.165) is 6.07 Å². The van der Waals surface area contributed by atoms with Crippen LogP contribution >= 0.6 is 0 Å². The lowest BCUT2D eigenvalue weighted by molar-refractivity contribution is -0.137. The summed E-state index contributed by atoms with van der Waals surface area (Å²) >= 11 is 0. The van der Waals surface area contributed by atoms with Gasteiger partial charge in [-0.1, -0.05) is 6.07 Å².